The maximum atomic E-state index is 11.1. The first-order chi connectivity index (χ1) is 7.79. The molecule has 1 aromatic heterocycles. The lowest BCUT2D eigenvalue weighted by atomic mass is 10.2. The molecule has 0 unspecified atom stereocenters. The van der Waals surface area contributed by atoms with Crippen molar-refractivity contribution in [1.82, 2.24) is 10.3 Å². The van der Waals surface area contributed by atoms with Crippen molar-refractivity contribution in [2.24, 2.45) is 0 Å². The minimum atomic E-state index is -0.417. The van der Waals surface area contributed by atoms with Gasteiger partial charge in [0.25, 0.3) is 0 Å². The van der Waals surface area contributed by atoms with Crippen LogP contribution in [0.1, 0.15) is 12.5 Å². The standard InChI is InChI=1S/C11H12N2O3/c1-2-15-11(14)12-6-8-3-4-9-10(5-8)16-7-13-9/h3-5,7H,2,6H2,1H3,(H,12,14). The number of nitrogens with one attached hydrogen (secondary N) is 1. The summed E-state index contributed by atoms with van der Waals surface area (Å²) in [5, 5.41) is 2.63. The molecule has 0 fully saturated rings. The monoisotopic (exact) mass is 220 g/mol. The Morgan fingerprint density at radius 1 is 1.56 bits per heavy atom. The molecule has 0 aliphatic rings. The molecular weight excluding hydrogens is 208 g/mol. The third-order valence-corrected chi connectivity index (χ3v) is 2.11. The maximum absolute atomic E-state index is 11.1. The fraction of sp³-hybridized carbons (Fsp3) is 0.273. The highest BCUT2D eigenvalue weighted by Crippen LogP contribution is 2.13. The molecule has 5 nitrogen and oxygen atoms in total. The first-order valence-electron chi connectivity index (χ1n) is 5.02. The van der Waals surface area contributed by atoms with E-state index < -0.39 is 6.09 Å². The van der Waals surface area contributed by atoms with Crippen LogP contribution in [-0.2, 0) is 11.3 Å². The van der Waals surface area contributed by atoms with E-state index in [1.54, 1.807) is 6.92 Å². The summed E-state index contributed by atoms with van der Waals surface area (Å²) in [5.41, 5.74) is 2.46. The summed E-state index contributed by atoms with van der Waals surface area (Å²) in [6, 6.07) is 5.58. The van der Waals surface area contributed by atoms with E-state index >= 15 is 0 Å². The predicted octanol–water partition coefficient (Wildman–Crippen LogP) is 2.07. The molecule has 1 amide bonds. The molecular formula is C11H12N2O3. The van der Waals surface area contributed by atoms with Gasteiger partial charge in [-0.1, -0.05) is 6.07 Å². The Bertz CT molecular complexity index is 493. The van der Waals surface area contributed by atoms with Gasteiger partial charge in [0.1, 0.15) is 5.52 Å². The van der Waals surface area contributed by atoms with Crippen molar-refractivity contribution < 1.29 is 13.9 Å². The van der Waals surface area contributed by atoms with Crippen LogP contribution in [0.4, 0.5) is 4.79 Å². The van der Waals surface area contributed by atoms with E-state index in [4.69, 9.17) is 9.15 Å². The first-order valence-corrected chi connectivity index (χ1v) is 5.02. The Balaban J connectivity index is 2.01. The minimum Gasteiger partial charge on any atom is -0.450 e. The van der Waals surface area contributed by atoms with Crippen LogP contribution in [0.15, 0.2) is 29.0 Å². The number of rotatable bonds is 3. The van der Waals surface area contributed by atoms with Crippen LogP contribution >= 0.6 is 0 Å². The van der Waals surface area contributed by atoms with E-state index in [2.05, 4.69) is 10.3 Å². The molecule has 0 radical (unpaired) electrons. The number of fused-ring (bicyclic) bond motifs is 1. The van der Waals surface area contributed by atoms with Crippen molar-refractivity contribution in [2.45, 2.75) is 13.5 Å². The van der Waals surface area contributed by atoms with Crippen LogP contribution in [0.2, 0.25) is 0 Å². The van der Waals surface area contributed by atoms with Crippen LogP contribution in [0, 0.1) is 0 Å². The van der Waals surface area contributed by atoms with Crippen LogP contribution in [0.3, 0.4) is 0 Å². The number of hydrogen-bond donors (Lipinski definition) is 1. The van der Waals surface area contributed by atoms with Crippen LogP contribution in [0.25, 0.3) is 11.1 Å². The Morgan fingerprint density at radius 2 is 2.44 bits per heavy atom. The Hall–Kier alpha value is -2.04. The third kappa shape index (κ3) is 2.31. The molecule has 84 valence electrons. The van der Waals surface area contributed by atoms with Gasteiger partial charge in [-0.2, -0.15) is 0 Å². The zero-order valence-corrected chi connectivity index (χ0v) is 8.90. The van der Waals surface area contributed by atoms with Gasteiger partial charge in [0, 0.05) is 6.54 Å². The molecule has 5 heteroatoms. The van der Waals surface area contributed by atoms with E-state index in [0.29, 0.717) is 18.7 Å². The molecule has 0 aliphatic heterocycles. The highest BCUT2D eigenvalue weighted by Gasteiger charge is 2.03. The molecule has 0 atom stereocenters. The lowest BCUT2D eigenvalue weighted by Gasteiger charge is -2.04. The van der Waals surface area contributed by atoms with Crippen LogP contribution in [0.5, 0.6) is 0 Å². The van der Waals surface area contributed by atoms with Gasteiger partial charge in [0.15, 0.2) is 12.0 Å². The second-order valence-electron chi connectivity index (χ2n) is 3.23. The zero-order chi connectivity index (χ0) is 11.4. The van der Waals surface area contributed by atoms with E-state index in [-0.39, 0.29) is 0 Å². The summed E-state index contributed by atoms with van der Waals surface area (Å²) in [7, 11) is 0. The molecule has 1 heterocycles. The SMILES string of the molecule is CCOC(=O)NCc1ccc2ncoc2c1. The van der Waals surface area contributed by atoms with E-state index in [9.17, 15) is 4.79 Å². The molecule has 0 bridgehead atoms. The second kappa shape index (κ2) is 4.65. The fourth-order valence-corrected chi connectivity index (χ4v) is 1.37. The lowest BCUT2D eigenvalue weighted by Crippen LogP contribution is -2.23. The van der Waals surface area contributed by atoms with Crippen molar-refractivity contribution >= 4 is 17.2 Å². The van der Waals surface area contributed by atoms with Gasteiger partial charge in [-0.05, 0) is 24.6 Å². The Kier molecular flexibility index (Phi) is 3.05. The number of carbonyl (C=O) groups is 1. The zero-order valence-electron chi connectivity index (χ0n) is 8.90. The van der Waals surface area contributed by atoms with E-state index in [1.807, 2.05) is 18.2 Å². The number of oxazole rings is 1. The second-order valence-corrected chi connectivity index (χ2v) is 3.23. The first kappa shape index (κ1) is 10.5. The molecule has 0 saturated heterocycles. The van der Waals surface area contributed by atoms with Gasteiger partial charge in [-0.15, -0.1) is 0 Å². The summed E-state index contributed by atoms with van der Waals surface area (Å²) in [6.45, 7) is 2.54. The maximum Gasteiger partial charge on any atom is 0.407 e. The van der Waals surface area contributed by atoms with Gasteiger partial charge in [-0.3, -0.25) is 0 Å². The normalized spacial score (nSPS) is 10.3. The van der Waals surface area contributed by atoms with Gasteiger partial charge >= 0.3 is 6.09 Å². The number of ether oxygens (including phenoxy) is 1. The number of alkyl carbamates (subject to hydrolysis) is 1. The molecule has 0 spiro atoms. The van der Waals surface area contributed by atoms with Gasteiger partial charge < -0.3 is 14.5 Å². The minimum absolute atomic E-state index is 0.368. The Labute approximate surface area is 92.4 Å². The summed E-state index contributed by atoms with van der Waals surface area (Å²) in [5.74, 6) is 0. The highest BCUT2D eigenvalue weighted by atomic mass is 16.5. The smallest absolute Gasteiger partial charge is 0.407 e. The van der Waals surface area contributed by atoms with Crippen molar-refractivity contribution in [3.63, 3.8) is 0 Å². The van der Waals surface area contributed by atoms with E-state index in [0.717, 1.165) is 11.1 Å². The van der Waals surface area contributed by atoms with Crippen molar-refractivity contribution in [3.8, 4) is 0 Å². The third-order valence-electron chi connectivity index (χ3n) is 2.11. The average Bonchev–Trinajstić information content (AvgIpc) is 2.74. The molecule has 2 aromatic rings. The molecule has 1 aromatic carbocycles. The number of carbonyl (C=O) groups excluding carboxylic acids is 1. The molecule has 1 N–H and O–H groups in total. The van der Waals surface area contributed by atoms with Gasteiger partial charge in [0.2, 0.25) is 0 Å². The quantitative estimate of drug-likeness (QED) is 0.860. The predicted molar refractivity (Wildman–Crippen MR) is 57.9 cm³/mol. The number of benzene rings is 1. The highest BCUT2D eigenvalue weighted by molar-refractivity contribution is 5.73. The number of hydrogen-bond acceptors (Lipinski definition) is 4. The number of nitrogens with zero attached hydrogens (tertiary/aromatic N) is 1. The molecule has 2 rings (SSSR count). The summed E-state index contributed by atoms with van der Waals surface area (Å²) in [6.07, 6.45) is 0.980. The molecule has 0 aliphatic carbocycles. The average molecular weight is 220 g/mol. The van der Waals surface area contributed by atoms with E-state index in [1.165, 1.54) is 6.39 Å². The summed E-state index contributed by atoms with van der Waals surface area (Å²) in [4.78, 5) is 15.1. The topological polar surface area (TPSA) is 64.4 Å². The fourth-order valence-electron chi connectivity index (χ4n) is 1.37. The summed E-state index contributed by atoms with van der Waals surface area (Å²) >= 11 is 0. The van der Waals surface area contributed by atoms with Gasteiger partial charge in [0.05, 0.1) is 6.61 Å². The van der Waals surface area contributed by atoms with Crippen LogP contribution in [-0.4, -0.2) is 17.7 Å². The van der Waals surface area contributed by atoms with Crippen molar-refractivity contribution in [2.75, 3.05) is 6.61 Å². The molecule has 16 heavy (non-hydrogen) atoms. The van der Waals surface area contributed by atoms with Crippen molar-refractivity contribution in [1.29, 1.82) is 0 Å². The lowest BCUT2D eigenvalue weighted by molar-refractivity contribution is 0.151. The number of amides is 1. The largest absolute Gasteiger partial charge is 0.450 e. The van der Waals surface area contributed by atoms with Crippen LogP contribution < -0.4 is 5.32 Å². The van der Waals surface area contributed by atoms with Gasteiger partial charge in [-0.25, -0.2) is 9.78 Å². The number of aromatic nitrogens is 1. The molecule has 0 saturated carbocycles. The Morgan fingerprint density at radius 3 is 3.25 bits per heavy atom. The van der Waals surface area contributed by atoms with Crippen molar-refractivity contribution in [3.05, 3.63) is 30.2 Å². The summed E-state index contributed by atoms with van der Waals surface area (Å²) < 4.78 is 9.91.